The summed E-state index contributed by atoms with van der Waals surface area (Å²) < 4.78 is 0. The lowest BCUT2D eigenvalue weighted by atomic mass is 9.84. The number of nitrogens with zero attached hydrogens (tertiary/aromatic N) is 2. The van der Waals surface area contributed by atoms with Gasteiger partial charge in [0.2, 0.25) is 11.0 Å². The zero-order valence-corrected chi connectivity index (χ0v) is 10.1. The van der Waals surface area contributed by atoms with Crippen molar-refractivity contribution in [3.63, 3.8) is 0 Å². The smallest absolute Gasteiger partial charge is 0.230 e. The maximum atomic E-state index is 11.9. The van der Waals surface area contributed by atoms with Crippen molar-refractivity contribution < 1.29 is 4.79 Å². The Hall–Kier alpha value is -1.01. The van der Waals surface area contributed by atoms with Gasteiger partial charge in [0.05, 0.1) is 5.92 Å². The predicted octanol–water partition coefficient (Wildman–Crippen LogP) is 1.30. The van der Waals surface area contributed by atoms with Crippen LogP contribution in [0.5, 0.6) is 0 Å². The third-order valence-electron chi connectivity index (χ3n) is 2.91. The molecule has 2 atom stereocenters. The van der Waals surface area contributed by atoms with Crippen LogP contribution in [0.1, 0.15) is 30.7 Å². The lowest BCUT2D eigenvalue weighted by Gasteiger charge is -2.26. The van der Waals surface area contributed by atoms with Crippen LogP contribution in [-0.2, 0) is 4.79 Å². The Morgan fingerprint density at radius 3 is 2.81 bits per heavy atom. The Kier molecular flexibility index (Phi) is 3.50. The van der Waals surface area contributed by atoms with Crippen molar-refractivity contribution >= 4 is 22.4 Å². The van der Waals surface area contributed by atoms with Gasteiger partial charge in [-0.3, -0.25) is 4.79 Å². The fourth-order valence-corrected chi connectivity index (χ4v) is 2.62. The van der Waals surface area contributed by atoms with Gasteiger partial charge in [0.25, 0.3) is 0 Å². The number of nitrogens with one attached hydrogen (secondary N) is 1. The average Bonchev–Trinajstić information content (AvgIpc) is 2.64. The van der Waals surface area contributed by atoms with E-state index in [9.17, 15) is 4.79 Å². The number of hydrogen-bond donors (Lipinski definition) is 2. The largest absolute Gasteiger partial charge is 0.327 e. The van der Waals surface area contributed by atoms with Gasteiger partial charge in [-0.1, -0.05) is 24.2 Å². The number of nitrogens with two attached hydrogens (primary N) is 1. The molecule has 0 aromatic carbocycles. The Labute approximate surface area is 98.4 Å². The van der Waals surface area contributed by atoms with Crippen molar-refractivity contribution in [3.05, 3.63) is 5.01 Å². The van der Waals surface area contributed by atoms with Gasteiger partial charge < -0.3 is 11.1 Å². The molecule has 16 heavy (non-hydrogen) atoms. The molecule has 0 bridgehead atoms. The van der Waals surface area contributed by atoms with E-state index in [1.165, 1.54) is 11.3 Å². The molecule has 6 heteroatoms. The van der Waals surface area contributed by atoms with E-state index in [1.807, 2.05) is 6.92 Å². The normalized spacial score (nSPS) is 25.4. The predicted molar refractivity (Wildman–Crippen MR) is 63.2 cm³/mol. The first-order chi connectivity index (χ1) is 7.66. The number of amides is 1. The minimum absolute atomic E-state index is 0.0108. The van der Waals surface area contributed by atoms with Gasteiger partial charge in [0.15, 0.2) is 0 Å². The monoisotopic (exact) mass is 240 g/mol. The van der Waals surface area contributed by atoms with Gasteiger partial charge in [-0.15, -0.1) is 10.2 Å². The van der Waals surface area contributed by atoms with Crippen molar-refractivity contribution in [2.24, 2.45) is 11.7 Å². The number of carbonyl (C=O) groups excluding carboxylic acids is 1. The highest BCUT2D eigenvalue weighted by Crippen LogP contribution is 2.24. The third-order valence-corrected chi connectivity index (χ3v) is 3.67. The van der Waals surface area contributed by atoms with Crippen LogP contribution in [0.3, 0.4) is 0 Å². The number of rotatable bonds is 2. The Balaban J connectivity index is 1.96. The van der Waals surface area contributed by atoms with Gasteiger partial charge >= 0.3 is 0 Å². The maximum Gasteiger partial charge on any atom is 0.230 e. The summed E-state index contributed by atoms with van der Waals surface area (Å²) in [6, 6.07) is -0.0113. The third kappa shape index (κ3) is 2.56. The highest BCUT2D eigenvalue weighted by molar-refractivity contribution is 7.15. The average molecular weight is 240 g/mol. The molecular formula is C10H16N4OS. The maximum absolute atomic E-state index is 11.9. The molecule has 1 aromatic heterocycles. The van der Waals surface area contributed by atoms with Gasteiger partial charge in [-0.05, 0) is 19.8 Å². The summed E-state index contributed by atoms with van der Waals surface area (Å²) in [6.07, 6.45) is 4.03. The standard InChI is InChI=1S/C10H16N4OS/c1-6-13-14-10(16-6)12-9(15)7-4-2-3-5-8(7)11/h7-8H,2-5,11H2,1H3,(H,12,14,15). The van der Waals surface area contributed by atoms with Crippen LogP contribution in [0.2, 0.25) is 0 Å². The molecule has 0 spiro atoms. The fourth-order valence-electron chi connectivity index (χ4n) is 2.03. The van der Waals surface area contributed by atoms with Crippen molar-refractivity contribution in [1.82, 2.24) is 10.2 Å². The molecule has 1 amide bonds. The molecule has 0 radical (unpaired) electrons. The van der Waals surface area contributed by atoms with Crippen LogP contribution < -0.4 is 11.1 Å². The van der Waals surface area contributed by atoms with E-state index in [1.54, 1.807) is 0 Å². The fraction of sp³-hybridized carbons (Fsp3) is 0.700. The summed E-state index contributed by atoms with van der Waals surface area (Å²) in [4.78, 5) is 11.9. The summed E-state index contributed by atoms with van der Waals surface area (Å²) >= 11 is 1.39. The first-order valence-corrected chi connectivity index (χ1v) is 6.35. The van der Waals surface area contributed by atoms with Crippen LogP contribution in [0.15, 0.2) is 0 Å². The Bertz CT molecular complexity index is 379. The van der Waals surface area contributed by atoms with E-state index >= 15 is 0 Å². The molecule has 3 N–H and O–H groups in total. The number of aryl methyl sites for hydroxylation is 1. The minimum atomic E-state index is -0.0713. The molecule has 1 heterocycles. The van der Waals surface area contributed by atoms with Gasteiger partial charge in [-0.2, -0.15) is 0 Å². The molecule has 1 aliphatic carbocycles. The topological polar surface area (TPSA) is 80.9 Å². The lowest BCUT2D eigenvalue weighted by molar-refractivity contribution is -0.121. The highest BCUT2D eigenvalue weighted by atomic mass is 32.1. The summed E-state index contributed by atoms with van der Waals surface area (Å²) in [5.74, 6) is -0.0821. The lowest BCUT2D eigenvalue weighted by Crippen LogP contribution is -2.40. The van der Waals surface area contributed by atoms with Crippen LogP contribution in [0, 0.1) is 12.8 Å². The van der Waals surface area contributed by atoms with Crippen LogP contribution in [-0.4, -0.2) is 22.1 Å². The SMILES string of the molecule is Cc1nnc(NC(=O)C2CCCCC2N)s1. The summed E-state index contributed by atoms with van der Waals surface area (Å²) in [5, 5.41) is 11.9. The summed E-state index contributed by atoms with van der Waals surface area (Å²) in [5.41, 5.74) is 5.95. The van der Waals surface area contributed by atoms with E-state index in [2.05, 4.69) is 15.5 Å². The first-order valence-electron chi connectivity index (χ1n) is 5.53. The van der Waals surface area contributed by atoms with E-state index in [0.717, 1.165) is 30.7 Å². The molecule has 1 aliphatic rings. The Morgan fingerprint density at radius 2 is 2.19 bits per heavy atom. The molecule has 2 unspecified atom stereocenters. The molecule has 0 aliphatic heterocycles. The zero-order chi connectivity index (χ0) is 11.5. The molecule has 1 aromatic rings. The Morgan fingerprint density at radius 1 is 1.44 bits per heavy atom. The van der Waals surface area contributed by atoms with Gasteiger partial charge in [-0.25, -0.2) is 0 Å². The van der Waals surface area contributed by atoms with Gasteiger partial charge in [0.1, 0.15) is 5.01 Å². The van der Waals surface area contributed by atoms with Crippen molar-refractivity contribution in [1.29, 1.82) is 0 Å². The van der Waals surface area contributed by atoms with Crippen LogP contribution in [0.25, 0.3) is 0 Å². The van der Waals surface area contributed by atoms with Crippen LogP contribution >= 0.6 is 11.3 Å². The number of carbonyl (C=O) groups is 1. The number of anilines is 1. The molecule has 0 saturated heterocycles. The molecule has 1 saturated carbocycles. The second kappa shape index (κ2) is 4.88. The minimum Gasteiger partial charge on any atom is -0.327 e. The first kappa shape index (κ1) is 11.5. The summed E-state index contributed by atoms with van der Waals surface area (Å²) in [7, 11) is 0. The molecule has 88 valence electrons. The van der Waals surface area contributed by atoms with E-state index in [0.29, 0.717) is 5.13 Å². The number of hydrogen-bond acceptors (Lipinski definition) is 5. The van der Waals surface area contributed by atoms with Crippen molar-refractivity contribution in [2.75, 3.05) is 5.32 Å². The second-order valence-corrected chi connectivity index (χ2v) is 5.35. The van der Waals surface area contributed by atoms with Crippen LogP contribution in [0.4, 0.5) is 5.13 Å². The molecule has 1 fully saturated rings. The second-order valence-electron chi connectivity index (χ2n) is 4.17. The molecular weight excluding hydrogens is 224 g/mol. The summed E-state index contributed by atoms with van der Waals surface area (Å²) in [6.45, 7) is 1.86. The quantitative estimate of drug-likeness (QED) is 0.816. The van der Waals surface area contributed by atoms with Crippen molar-refractivity contribution in [3.8, 4) is 0 Å². The van der Waals surface area contributed by atoms with E-state index in [-0.39, 0.29) is 17.9 Å². The number of aromatic nitrogens is 2. The molecule has 5 nitrogen and oxygen atoms in total. The van der Waals surface area contributed by atoms with Crippen molar-refractivity contribution in [2.45, 2.75) is 38.6 Å². The van der Waals surface area contributed by atoms with E-state index < -0.39 is 0 Å². The van der Waals surface area contributed by atoms with E-state index in [4.69, 9.17) is 5.73 Å². The highest BCUT2D eigenvalue weighted by Gasteiger charge is 2.28. The van der Waals surface area contributed by atoms with Gasteiger partial charge in [0, 0.05) is 6.04 Å². The zero-order valence-electron chi connectivity index (χ0n) is 9.27. The molecule has 2 rings (SSSR count).